The van der Waals surface area contributed by atoms with E-state index in [0.717, 1.165) is 16.7 Å². The van der Waals surface area contributed by atoms with Crippen LogP contribution in [0, 0.1) is 0 Å². The smallest absolute Gasteiger partial charge is 0.310 e. The van der Waals surface area contributed by atoms with E-state index in [9.17, 15) is 24.9 Å². The maximum Gasteiger partial charge on any atom is 0.310 e. The lowest BCUT2D eigenvalue weighted by Gasteiger charge is -2.24. The second-order valence-electron chi connectivity index (χ2n) is 9.82. The van der Waals surface area contributed by atoms with Crippen LogP contribution < -0.4 is 9.47 Å². The fraction of sp³-hybridized carbons (Fsp3) is 0.375. The van der Waals surface area contributed by atoms with Gasteiger partial charge in [0.2, 0.25) is 0 Å². The fourth-order valence-corrected chi connectivity index (χ4v) is 4.62. The predicted octanol–water partition coefficient (Wildman–Crippen LogP) is 4.65. The van der Waals surface area contributed by atoms with Gasteiger partial charge in [-0.1, -0.05) is 36.4 Å². The highest BCUT2D eigenvalue weighted by Gasteiger charge is 2.23. The minimum absolute atomic E-state index is 0.0307. The number of carbonyl (C=O) groups excluding carboxylic acids is 2. The van der Waals surface area contributed by atoms with E-state index in [4.69, 9.17) is 18.9 Å². The summed E-state index contributed by atoms with van der Waals surface area (Å²) in [5.41, 5.74) is 3.21. The second kappa shape index (κ2) is 15.5. The molecule has 0 bridgehead atoms. The molecular formula is C32H38O9. The lowest BCUT2D eigenvalue weighted by atomic mass is 9.98. The molecule has 0 saturated carbocycles. The number of aryl methyl sites for hydroxylation is 2. The summed E-state index contributed by atoms with van der Waals surface area (Å²) >= 11 is 0. The molecule has 0 spiro atoms. The Hall–Kier alpha value is -4.24. The van der Waals surface area contributed by atoms with Crippen LogP contribution in [-0.4, -0.2) is 53.7 Å². The van der Waals surface area contributed by atoms with Crippen LogP contribution in [0.2, 0.25) is 0 Å². The standard InChI is InChI=1S/C32H38O9/c1-21(34)40-26(11-7-22-9-13-28(35)30(16-22)38-2)19-27(12-8-23-10-14-29(36)31(17-23)39-3)41-32(37)18-24-5-4-6-25(15-24)20-33/h4-6,9-10,13-17,26-27,33,35-36H,7-8,11-12,18-20H2,1-3H3/t26-,27-/m0/s1. The van der Waals surface area contributed by atoms with Crippen LogP contribution in [0.25, 0.3) is 0 Å². The number of aromatic hydroxyl groups is 2. The zero-order valence-electron chi connectivity index (χ0n) is 23.7. The number of aliphatic hydroxyl groups excluding tert-OH is 1. The van der Waals surface area contributed by atoms with Crippen molar-refractivity contribution >= 4 is 11.9 Å². The third kappa shape index (κ3) is 10.0. The summed E-state index contributed by atoms with van der Waals surface area (Å²) in [4.78, 5) is 24.9. The number of methoxy groups -OCH3 is 2. The molecule has 9 heteroatoms. The molecule has 3 aromatic carbocycles. The van der Waals surface area contributed by atoms with E-state index in [1.807, 2.05) is 0 Å². The average Bonchev–Trinajstić information content (AvgIpc) is 2.95. The van der Waals surface area contributed by atoms with Gasteiger partial charge in [0.15, 0.2) is 23.0 Å². The molecule has 2 atom stereocenters. The van der Waals surface area contributed by atoms with Gasteiger partial charge in [0.25, 0.3) is 0 Å². The van der Waals surface area contributed by atoms with Crippen LogP contribution in [0.3, 0.4) is 0 Å². The minimum Gasteiger partial charge on any atom is -0.504 e. The monoisotopic (exact) mass is 566 g/mol. The third-order valence-corrected chi connectivity index (χ3v) is 6.68. The van der Waals surface area contributed by atoms with E-state index in [-0.39, 0.29) is 30.9 Å². The molecule has 0 aromatic heterocycles. The van der Waals surface area contributed by atoms with E-state index in [2.05, 4.69) is 0 Å². The Morgan fingerprint density at radius 3 is 1.78 bits per heavy atom. The first-order chi connectivity index (χ1) is 19.7. The summed E-state index contributed by atoms with van der Waals surface area (Å²) < 4.78 is 22.0. The SMILES string of the molecule is COc1cc(CC[C@@H](C[C@H](CCc2ccc(O)c(OC)c2)OC(=O)Cc2cccc(CO)c2)OC(C)=O)ccc1O. The Morgan fingerprint density at radius 2 is 1.27 bits per heavy atom. The number of ether oxygens (including phenoxy) is 4. The van der Waals surface area contributed by atoms with Crippen LogP contribution in [0.4, 0.5) is 0 Å². The summed E-state index contributed by atoms with van der Waals surface area (Å²) in [6, 6.07) is 17.2. The van der Waals surface area contributed by atoms with Crippen LogP contribution in [0.1, 0.15) is 48.4 Å². The molecule has 0 aliphatic rings. The molecule has 0 saturated heterocycles. The number of hydrogen-bond donors (Lipinski definition) is 3. The number of phenolic OH excluding ortho intramolecular Hbond substituents is 2. The van der Waals surface area contributed by atoms with Gasteiger partial charge in [0, 0.05) is 13.3 Å². The lowest BCUT2D eigenvalue weighted by molar-refractivity contribution is -0.154. The molecule has 0 amide bonds. The van der Waals surface area contributed by atoms with Crippen LogP contribution in [0.5, 0.6) is 23.0 Å². The van der Waals surface area contributed by atoms with Crippen molar-refractivity contribution in [1.29, 1.82) is 0 Å². The molecule has 9 nitrogen and oxygen atoms in total. The number of phenols is 2. The average molecular weight is 567 g/mol. The molecule has 0 heterocycles. The van der Waals surface area contributed by atoms with Crippen molar-refractivity contribution in [2.24, 2.45) is 0 Å². The summed E-state index contributed by atoms with van der Waals surface area (Å²) in [7, 11) is 2.95. The number of benzene rings is 3. The normalized spacial score (nSPS) is 12.3. The van der Waals surface area contributed by atoms with Crippen LogP contribution in [0.15, 0.2) is 60.7 Å². The van der Waals surface area contributed by atoms with Crippen molar-refractivity contribution in [3.63, 3.8) is 0 Å². The van der Waals surface area contributed by atoms with Crippen LogP contribution in [-0.2, 0) is 44.9 Å². The number of carbonyl (C=O) groups is 2. The minimum atomic E-state index is -0.568. The molecule has 0 fully saturated rings. The van der Waals surface area contributed by atoms with Gasteiger partial charge in [0.1, 0.15) is 12.2 Å². The molecule has 0 unspecified atom stereocenters. The van der Waals surface area contributed by atoms with E-state index >= 15 is 0 Å². The molecule has 41 heavy (non-hydrogen) atoms. The van der Waals surface area contributed by atoms with Crippen molar-refractivity contribution in [1.82, 2.24) is 0 Å². The zero-order chi connectivity index (χ0) is 29.8. The van der Waals surface area contributed by atoms with Gasteiger partial charge >= 0.3 is 11.9 Å². The zero-order valence-corrected chi connectivity index (χ0v) is 23.7. The Balaban J connectivity index is 1.75. The van der Waals surface area contributed by atoms with Gasteiger partial charge < -0.3 is 34.3 Å². The van der Waals surface area contributed by atoms with Gasteiger partial charge in [-0.2, -0.15) is 0 Å². The van der Waals surface area contributed by atoms with Gasteiger partial charge in [-0.15, -0.1) is 0 Å². The fourth-order valence-electron chi connectivity index (χ4n) is 4.62. The van der Waals surface area contributed by atoms with Crippen molar-refractivity contribution in [3.8, 4) is 23.0 Å². The van der Waals surface area contributed by atoms with Crippen molar-refractivity contribution in [2.75, 3.05) is 14.2 Å². The lowest BCUT2D eigenvalue weighted by Crippen LogP contribution is -2.28. The highest BCUT2D eigenvalue weighted by Crippen LogP contribution is 2.29. The van der Waals surface area contributed by atoms with Gasteiger partial charge in [-0.3, -0.25) is 9.59 Å². The Labute approximate surface area is 240 Å². The third-order valence-electron chi connectivity index (χ3n) is 6.68. The number of esters is 2. The molecule has 3 N–H and O–H groups in total. The summed E-state index contributed by atoms with van der Waals surface area (Å²) in [6.07, 6.45) is 1.19. The first-order valence-corrected chi connectivity index (χ1v) is 13.5. The Kier molecular flexibility index (Phi) is 11.8. The highest BCUT2D eigenvalue weighted by molar-refractivity contribution is 5.72. The van der Waals surface area contributed by atoms with E-state index in [1.54, 1.807) is 60.7 Å². The molecule has 0 radical (unpaired) electrons. The van der Waals surface area contributed by atoms with Gasteiger partial charge in [-0.05, 0) is 72.2 Å². The summed E-state index contributed by atoms with van der Waals surface area (Å²) in [6.45, 7) is 1.22. The van der Waals surface area contributed by atoms with Gasteiger partial charge in [0.05, 0.1) is 27.2 Å². The van der Waals surface area contributed by atoms with Crippen molar-refractivity contribution < 1.29 is 43.9 Å². The van der Waals surface area contributed by atoms with Crippen molar-refractivity contribution in [3.05, 3.63) is 82.9 Å². The molecule has 3 rings (SSSR count). The first-order valence-electron chi connectivity index (χ1n) is 13.5. The van der Waals surface area contributed by atoms with E-state index in [0.29, 0.717) is 42.7 Å². The highest BCUT2D eigenvalue weighted by atomic mass is 16.6. The summed E-state index contributed by atoms with van der Waals surface area (Å²) in [5.74, 6) is -0.0965. The molecule has 0 aliphatic heterocycles. The summed E-state index contributed by atoms with van der Waals surface area (Å²) in [5, 5.41) is 29.2. The number of rotatable bonds is 15. The maximum atomic E-state index is 13.0. The number of hydrogen-bond acceptors (Lipinski definition) is 9. The van der Waals surface area contributed by atoms with E-state index < -0.39 is 24.1 Å². The van der Waals surface area contributed by atoms with Crippen molar-refractivity contribution in [2.45, 2.75) is 64.3 Å². The molecule has 220 valence electrons. The quantitative estimate of drug-likeness (QED) is 0.225. The maximum absolute atomic E-state index is 13.0. The van der Waals surface area contributed by atoms with Gasteiger partial charge in [-0.25, -0.2) is 0 Å². The second-order valence-corrected chi connectivity index (χ2v) is 9.82. The van der Waals surface area contributed by atoms with E-state index in [1.165, 1.54) is 21.1 Å². The topological polar surface area (TPSA) is 132 Å². The predicted molar refractivity (Wildman–Crippen MR) is 152 cm³/mol. The molecule has 3 aromatic rings. The number of aliphatic hydroxyl groups is 1. The van der Waals surface area contributed by atoms with Crippen LogP contribution >= 0.6 is 0 Å². The Bertz CT molecular complexity index is 1300. The molecule has 0 aliphatic carbocycles. The largest absolute Gasteiger partial charge is 0.504 e. The molecular weight excluding hydrogens is 528 g/mol. The first kappa shape index (κ1) is 31.3. The Morgan fingerprint density at radius 1 is 0.732 bits per heavy atom.